The van der Waals surface area contributed by atoms with Crippen LogP contribution in [0.25, 0.3) is 0 Å². The van der Waals surface area contributed by atoms with E-state index in [2.05, 4.69) is 31.1 Å². The van der Waals surface area contributed by atoms with Gasteiger partial charge in [0.1, 0.15) is 0 Å². The van der Waals surface area contributed by atoms with Crippen LogP contribution in [0.5, 0.6) is 0 Å². The number of rotatable bonds is 6. The summed E-state index contributed by atoms with van der Waals surface area (Å²) >= 11 is 0. The molecule has 0 rings (SSSR count). The Kier molecular flexibility index (Phi) is 6.34. The molecule has 0 aromatic rings. The predicted octanol–water partition coefficient (Wildman–Crippen LogP) is 0.297. The average molecular weight is 174 g/mol. The van der Waals surface area contributed by atoms with E-state index in [0.29, 0.717) is 6.04 Å². The summed E-state index contributed by atoms with van der Waals surface area (Å²) in [7, 11) is 3.97. The van der Waals surface area contributed by atoms with Crippen molar-refractivity contribution in [2.75, 3.05) is 27.2 Å². The second-order valence-corrected chi connectivity index (χ2v) is 3.37. The first-order chi connectivity index (χ1) is 5.65. The number of hydrogen-bond donors (Lipinski definition) is 2. The molecular formula is C9H22N2O. The van der Waals surface area contributed by atoms with Gasteiger partial charge in [-0.05, 0) is 27.4 Å². The van der Waals surface area contributed by atoms with Crippen LogP contribution in [0.3, 0.4) is 0 Å². The summed E-state index contributed by atoms with van der Waals surface area (Å²) in [5.41, 5.74) is 0. The van der Waals surface area contributed by atoms with E-state index in [1.54, 1.807) is 0 Å². The molecule has 0 saturated carbocycles. The van der Waals surface area contributed by atoms with Crippen molar-refractivity contribution < 1.29 is 5.11 Å². The van der Waals surface area contributed by atoms with Crippen LogP contribution in [0.15, 0.2) is 0 Å². The Morgan fingerprint density at radius 1 is 1.50 bits per heavy atom. The van der Waals surface area contributed by atoms with Crippen molar-refractivity contribution in [2.24, 2.45) is 0 Å². The number of likely N-dealkylation sites (N-methyl/N-ethyl adjacent to an activating group) is 2. The van der Waals surface area contributed by atoms with E-state index in [1.165, 1.54) is 0 Å². The zero-order chi connectivity index (χ0) is 9.56. The van der Waals surface area contributed by atoms with Gasteiger partial charge in [-0.3, -0.25) is 0 Å². The molecule has 0 aliphatic rings. The first kappa shape index (κ1) is 11.9. The third-order valence-corrected chi connectivity index (χ3v) is 2.48. The van der Waals surface area contributed by atoms with Crippen molar-refractivity contribution in [1.82, 2.24) is 10.2 Å². The van der Waals surface area contributed by atoms with Gasteiger partial charge in [0.05, 0.1) is 6.61 Å². The van der Waals surface area contributed by atoms with Crippen molar-refractivity contribution >= 4 is 0 Å². The number of aliphatic hydroxyl groups excluding tert-OH is 1. The van der Waals surface area contributed by atoms with Gasteiger partial charge in [-0.25, -0.2) is 0 Å². The lowest BCUT2D eigenvalue weighted by molar-refractivity contribution is 0.177. The zero-order valence-electron chi connectivity index (χ0n) is 8.67. The van der Waals surface area contributed by atoms with Crippen LogP contribution in [-0.4, -0.2) is 49.3 Å². The van der Waals surface area contributed by atoms with Crippen LogP contribution in [0.2, 0.25) is 0 Å². The highest BCUT2D eigenvalue weighted by Crippen LogP contribution is 2.00. The molecule has 0 aliphatic heterocycles. The molecule has 0 saturated heterocycles. The molecule has 12 heavy (non-hydrogen) atoms. The van der Waals surface area contributed by atoms with E-state index in [9.17, 15) is 0 Å². The van der Waals surface area contributed by atoms with Gasteiger partial charge in [0.2, 0.25) is 0 Å². The molecule has 0 aliphatic carbocycles. The van der Waals surface area contributed by atoms with E-state index in [1.807, 2.05) is 7.05 Å². The lowest BCUT2D eigenvalue weighted by Crippen LogP contribution is -2.43. The molecule has 0 aromatic heterocycles. The maximum Gasteiger partial charge on any atom is 0.0597 e. The first-order valence-electron chi connectivity index (χ1n) is 4.64. The SMILES string of the molecule is CCC(C)N(C)CC(CO)NC. The van der Waals surface area contributed by atoms with Gasteiger partial charge in [-0.2, -0.15) is 0 Å². The monoisotopic (exact) mass is 174 g/mol. The summed E-state index contributed by atoms with van der Waals surface area (Å²) in [6.07, 6.45) is 1.15. The van der Waals surface area contributed by atoms with E-state index in [0.717, 1.165) is 13.0 Å². The second kappa shape index (κ2) is 6.40. The maximum atomic E-state index is 8.94. The molecule has 0 radical (unpaired) electrons. The van der Waals surface area contributed by atoms with Gasteiger partial charge < -0.3 is 15.3 Å². The highest BCUT2D eigenvalue weighted by Gasteiger charge is 2.11. The van der Waals surface area contributed by atoms with Crippen LogP contribution >= 0.6 is 0 Å². The summed E-state index contributed by atoms with van der Waals surface area (Å²) in [6, 6.07) is 0.788. The summed E-state index contributed by atoms with van der Waals surface area (Å²) in [4.78, 5) is 2.26. The predicted molar refractivity (Wildman–Crippen MR) is 52.3 cm³/mol. The van der Waals surface area contributed by atoms with Gasteiger partial charge in [0.15, 0.2) is 0 Å². The van der Waals surface area contributed by atoms with Gasteiger partial charge in [-0.15, -0.1) is 0 Å². The van der Waals surface area contributed by atoms with Crippen molar-refractivity contribution in [3.8, 4) is 0 Å². The van der Waals surface area contributed by atoms with Gasteiger partial charge in [-0.1, -0.05) is 6.92 Å². The minimum Gasteiger partial charge on any atom is -0.395 e. The largest absolute Gasteiger partial charge is 0.395 e. The lowest BCUT2D eigenvalue weighted by atomic mass is 10.2. The minimum atomic E-state index is 0.198. The molecule has 2 unspecified atom stereocenters. The normalized spacial score (nSPS) is 16.5. The summed E-state index contributed by atoms with van der Waals surface area (Å²) in [6.45, 7) is 5.48. The fourth-order valence-corrected chi connectivity index (χ4v) is 1.08. The molecule has 0 spiro atoms. The Bertz CT molecular complexity index is 105. The van der Waals surface area contributed by atoms with Crippen molar-refractivity contribution in [3.63, 3.8) is 0 Å². The third kappa shape index (κ3) is 4.04. The Balaban J connectivity index is 3.72. The van der Waals surface area contributed by atoms with Crippen LogP contribution < -0.4 is 5.32 Å². The highest BCUT2D eigenvalue weighted by atomic mass is 16.3. The maximum absolute atomic E-state index is 8.94. The first-order valence-corrected chi connectivity index (χ1v) is 4.64. The molecule has 2 atom stereocenters. The van der Waals surface area contributed by atoms with E-state index < -0.39 is 0 Å². The Labute approximate surface area is 75.8 Å². The molecule has 0 bridgehead atoms. The van der Waals surface area contributed by atoms with E-state index in [4.69, 9.17) is 5.11 Å². The molecule has 3 nitrogen and oxygen atoms in total. The fraction of sp³-hybridized carbons (Fsp3) is 1.00. The number of aliphatic hydroxyl groups is 1. The van der Waals surface area contributed by atoms with Gasteiger partial charge in [0.25, 0.3) is 0 Å². The van der Waals surface area contributed by atoms with Crippen LogP contribution in [-0.2, 0) is 0 Å². The number of hydrogen-bond acceptors (Lipinski definition) is 3. The van der Waals surface area contributed by atoms with Crippen LogP contribution in [0, 0.1) is 0 Å². The van der Waals surface area contributed by atoms with Crippen molar-refractivity contribution in [1.29, 1.82) is 0 Å². The van der Waals surface area contributed by atoms with Gasteiger partial charge in [0, 0.05) is 18.6 Å². The number of nitrogens with one attached hydrogen (secondary N) is 1. The van der Waals surface area contributed by atoms with Crippen molar-refractivity contribution in [3.05, 3.63) is 0 Å². The Morgan fingerprint density at radius 3 is 2.42 bits per heavy atom. The van der Waals surface area contributed by atoms with Crippen LogP contribution in [0.1, 0.15) is 20.3 Å². The lowest BCUT2D eigenvalue weighted by Gasteiger charge is -2.27. The molecule has 74 valence electrons. The van der Waals surface area contributed by atoms with Gasteiger partial charge >= 0.3 is 0 Å². The summed E-state index contributed by atoms with van der Waals surface area (Å²) < 4.78 is 0. The average Bonchev–Trinajstić information content (AvgIpc) is 2.12. The molecule has 0 heterocycles. The quantitative estimate of drug-likeness (QED) is 0.608. The standard InChI is InChI=1S/C9H22N2O/c1-5-8(2)11(4)6-9(7-12)10-3/h8-10,12H,5-7H2,1-4H3. The fourth-order valence-electron chi connectivity index (χ4n) is 1.08. The van der Waals surface area contributed by atoms with Crippen LogP contribution in [0.4, 0.5) is 0 Å². The molecule has 2 N–H and O–H groups in total. The van der Waals surface area contributed by atoms with E-state index in [-0.39, 0.29) is 12.6 Å². The zero-order valence-corrected chi connectivity index (χ0v) is 8.67. The molecule has 0 fully saturated rings. The minimum absolute atomic E-state index is 0.198. The second-order valence-electron chi connectivity index (χ2n) is 3.37. The molecule has 3 heteroatoms. The third-order valence-electron chi connectivity index (χ3n) is 2.48. The Morgan fingerprint density at radius 2 is 2.08 bits per heavy atom. The summed E-state index contributed by atoms with van der Waals surface area (Å²) in [5, 5.41) is 12.0. The molecule has 0 amide bonds. The summed E-state index contributed by atoms with van der Waals surface area (Å²) in [5.74, 6) is 0. The molecular weight excluding hydrogens is 152 g/mol. The van der Waals surface area contributed by atoms with E-state index >= 15 is 0 Å². The highest BCUT2D eigenvalue weighted by molar-refractivity contribution is 4.70. The number of nitrogens with zero attached hydrogens (tertiary/aromatic N) is 1. The topological polar surface area (TPSA) is 35.5 Å². The van der Waals surface area contributed by atoms with Crippen molar-refractivity contribution in [2.45, 2.75) is 32.4 Å². The molecule has 0 aromatic carbocycles. The smallest absolute Gasteiger partial charge is 0.0597 e. The Hall–Kier alpha value is -0.120.